The highest BCUT2D eigenvalue weighted by atomic mass is 32.2. The zero-order valence-corrected chi connectivity index (χ0v) is 14.6. The molecule has 1 aromatic rings. The van der Waals surface area contributed by atoms with Gasteiger partial charge in [-0.1, -0.05) is 18.2 Å². The third-order valence-electron chi connectivity index (χ3n) is 4.18. The van der Waals surface area contributed by atoms with E-state index >= 15 is 0 Å². The topological polar surface area (TPSA) is 69.7 Å². The van der Waals surface area contributed by atoms with E-state index in [0.29, 0.717) is 26.1 Å². The standard InChI is InChI=1S/C16H25N3O3S/c1-18(14-7-4-3-5-8-14)11-6-10-17-16(20)19-12-9-15(13-19)23(2,21)22/h3-5,7-8,15H,6,9-13H2,1-2H3,(H,17,20). The summed E-state index contributed by atoms with van der Waals surface area (Å²) in [7, 11) is -1.04. The van der Waals surface area contributed by atoms with Crippen LogP contribution in [0.25, 0.3) is 0 Å². The van der Waals surface area contributed by atoms with Gasteiger partial charge >= 0.3 is 6.03 Å². The summed E-state index contributed by atoms with van der Waals surface area (Å²) in [5.74, 6) is 0. The number of nitrogens with zero attached hydrogens (tertiary/aromatic N) is 2. The zero-order valence-electron chi connectivity index (χ0n) is 13.7. The molecule has 128 valence electrons. The minimum Gasteiger partial charge on any atom is -0.375 e. The third kappa shape index (κ3) is 5.13. The predicted octanol–water partition coefficient (Wildman–Crippen LogP) is 1.34. The maximum atomic E-state index is 12.0. The second kappa shape index (κ2) is 7.68. The van der Waals surface area contributed by atoms with Crippen molar-refractivity contribution < 1.29 is 13.2 Å². The highest BCUT2D eigenvalue weighted by Crippen LogP contribution is 2.16. The number of para-hydroxylation sites is 1. The molecule has 6 nitrogen and oxygen atoms in total. The lowest BCUT2D eigenvalue weighted by Crippen LogP contribution is -2.40. The third-order valence-corrected chi connectivity index (χ3v) is 5.78. The lowest BCUT2D eigenvalue weighted by molar-refractivity contribution is 0.209. The van der Waals surface area contributed by atoms with Gasteiger partial charge in [-0.3, -0.25) is 0 Å². The number of sulfone groups is 1. The van der Waals surface area contributed by atoms with E-state index in [2.05, 4.69) is 10.2 Å². The summed E-state index contributed by atoms with van der Waals surface area (Å²) in [6.45, 7) is 2.23. The van der Waals surface area contributed by atoms with Gasteiger partial charge in [0.2, 0.25) is 0 Å². The van der Waals surface area contributed by atoms with Crippen LogP contribution in [0.4, 0.5) is 10.5 Å². The number of anilines is 1. The minimum absolute atomic E-state index is 0.168. The van der Waals surface area contributed by atoms with Gasteiger partial charge in [0.15, 0.2) is 9.84 Å². The largest absolute Gasteiger partial charge is 0.375 e. The van der Waals surface area contributed by atoms with Crippen LogP contribution in [-0.2, 0) is 9.84 Å². The first-order chi connectivity index (χ1) is 10.9. The number of carbonyl (C=O) groups is 1. The first-order valence-corrected chi connectivity index (χ1v) is 9.81. The fraction of sp³-hybridized carbons (Fsp3) is 0.562. The molecule has 0 bridgehead atoms. The molecule has 23 heavy (non-hydrogen) atoms. The van der Waals surface area contributed by atoms with E-state index in [4.69, 9.17) is 0 Å². The van der Waals surface area contributed by atoms with Crippen LogP contribution in [-0.4, -0.2) is 64.1 Å². The van der Waals surface area contributed by atoms with Crippen LogP contribution in [0.5, 0.6) is 0 Å². The molecule has 2 rings (SSSR count). The maximum Gasteiger partial charge on any atom is 0.317 e. The fourth-order valence-electron chi connectivity index (χ4n) is 2.70. The number of amides is 2. The van der Waals surface area contributed by atoms with Crippen molar-refractivity contribution in [1.29, 1.82) is 0 Å². The Bertz CT molecular complexity index is 619. The summed E-state index contributed by atoms with van der Waals surface area (Å²) in [4.78, 5) is 15.8. The smallest absolute Gasteiger partial charge is 0.317 e. The van der Waals surface area contributed by atoms with Crippen LogP contribution in [0.1, 0.15) is 12.8 Å². The molecule has 1 fully saturated rings. The molecule has 2 amide bonds. The zero-order chi connectivity index (χ0) is 16.9. The van der Waals surface area contributed by atoms with Gasteiger partial charge in [-0.2, -0.15) is 0 Å². The summed E-state index contributed by atoms with van der Waals surface area (Å²) in [5, 5.41) is 2.45. The van der Waals surface area contributed by atoms with Gasteiger partial charge in [-0.15, -0.1) is 0 Å². The molecule has 1 heterocycles. The quantitative estimate of drug-likeness (QED) is 0.794. The van der Waals surface area contributed by atoms with Crippen molar-refractivity contribution >= 4 is 21.6 Å². The van der Waals surface area contributed by atoms with Crippen molar-refractivity contribution in [2.45, 2.75) is 18.1 Å². The summed E-state index contributed by atoms with van der Waals surface area (Å²) in [5.41, 5.74) is 1.15. The molecule has 1 aliphatic heterocycles. The summed E-state index contributed by atoms with van der Waals surface area (Å²) >= 11 is 0. The van der Waals surface area contributed by atoms with Crippen molar-refractivity contribution in [3.63, 3.8) is 0 Å². The monoisotopic (exact) mass is 339 g/mol. The Labute approximate surface area is 138 Å². The Morgan fingerprint density at radius 3 is 2.65 bits per heavy atom. The maximum absolute atomic E-state index is 12.0. The van der Waals surface area contributed by atoms with Crippen molar-refractivity contribution in [2.24, 2.45) is 0 Å². The normalized spacial score (nSPS) is 18.0. The number of benzene rings is 1. The molecule has 0 spiro atoms. The van der Waals surface area contributed by atoms with Crippen molar-refractivity contribution in [3.8, 4) is 0 Å². The Morgan fingerprint density at radius 1 is 1.35 bits per heavy atom. The fourth-order valence-corrected chi connectivity index (χ4v) is 3.68. The van der Waals surface area contributed by atoms with E-state index < -0.39 is 15.1 Å². The Morgan fingerprint density at radius 2 is 2.04 bits per heavy atom. The van der Waals surface area contributed by atoms with E-state index in [1.54, 1.807) is 4.90 Å². The van der Waals surface area contributed by atoms with Crippen LogP contribution in [0.2, 0.25) is 0 Å². The highest BCUT2D eigenvalue weighted by Gasteiger charge is 2.32. The van der Waals surface area contributed by atoms with Gasteiger partial charge < -0.3 is 15.1 Å². The van der Waals surface area contributed by atoms with E-state index in [1.165, 1.54) is 6.26 Å². The minimum atomic E-state index is -3.06. The molecule has 1 aliphatic rings. The number of rotatable bonds is 6. The number of hydrogen-bond donors (Lipinski definition) is 1. The van der Waals surface area contributed by atoms with Crippen LogP contribution in [0, 0.1) is 0 Å². The number of carbonyl (C=O) groups excluding carboxylic acids is 1. The summed E-state index contributed by atoms with van der Waals surface area (Å²) in [6.07, 6.45) is 2.60. The molecule has 0 aliphatic carbocycles. The second-order valence-electron chi connectivity index (χ2n) is 6.03. The summed E-state index contributed by atoms with van der Waals surface area (Å²) < 4.78 is 23.0. The van der Waals surface area contributed by atoms with Crippen LogP contribution in [0.3, 0.4) is 0 Å². The average molecular weight is 339 g/mol. The molecule has 1 unspecified atom stereocenters. The lowest BCUT2D eigenvalue weighted by atomic mass is 10.3. The number of nitrogens with one attached hydrogen (secondary N) is 1. The second-order valence-corrected chi connectivity index (χ2v) is 8.35. The van der Waals surface area contributed by atoms with Gasteiger partial charge in [-0.05, 0) is 25.0 Å². The molecule has 0 aromatic heterocycles. The molecule has 1 N–H and O–H groups in total. The van der Waals surface area contributed by atoms with Gasteiger partial charge in [0.1, 0.15) is 0 Å². The SMILES string of the molecule is CN(CCCNC(=O)N1CCC(S(C)(=O)=O)C1)c1ccccc1. The van der Waals surface area contributed by atoms with Gasteiger partial charge in [0, 0.05) is 45.2 Å². The predicted molar refractivity (Wildman–Crippen MR) is 92.5 cm³/mol. The van der Waals surface area contributed by atoms with Crippen molar-refractivity contribution in [1.82, 2.24) is 10.2 Å². The molecule has 1 saturated heterocycles. The molecule has 1 aromatic carbocycles. The molecular formula is C16H25N3O3S. The Hall–Kier alpha value is -1.76. The highest BCUT2D eigenvalue weighted by molar-refractivity contribution is 7.91. The Kier molecular flexibility index (Phi) is 5.87. The van der Waals surface area contributed by atoms with Crippen LogP contribution in [0.15, 0.2) is 30.3 Å². The van der Waals surface area contributed by atoms with E-state index in [1.807, 2.05) is 37.4 Å². The van der Waals surface area contributed by atoms with Crippen molar-refractivity contribution in [3.05, 3.63) is 30.3 Å². The van der Waals surface area contributed by atoms with E-state index in [9.17, 15) is 13.2 Å². The molecular weight excluding hydrogens is 314 g/mol. The van der Waals surface area contributed by atoms with Gasteiger partial charge in [0.25, 0.3) is 0 Å². The average Bonchev–Trinajstić information content (AvgIpc) is 3.02. The molecule has 1 atom stereocenters. The number of likely N-dealkylation sites (tertiary alicyclic amines) is 1. The summed E-state index contributed by atoms with van der Waals surface area (Å²) in [6, 6.07) is 9.91. The van der Waals surface area contributed by atoms with Crippen LogP contribution < -0.4 is 10.2 Å². The van der Waals surface area contributed by atoms with E-state index in [0.717, 1.165) is 18.7 Å². The molecule has 0 saturated carbocycles. The first-order valence-electron chi connectivity index (χ1n) is 7.86. The molecule has 7 heteroatoms. The lowest BCUT2D eigenvalue weighted by Gasteiger charge is -2.20. The number of hydrogen-bond acceptors (Lipinski definition) is 4. The first kappa shape index (κ1) is 17.6. The number of urea groups is 1. The van der Waals surface area contributed by atoms with E-state index in [-0.39, 0.29) is 6.03 Å². The van der Waals surface area contributed by atoms with Crippen molar-refractivity contribution in [2.75, 3.05) is 44.4 Å². The Balaban J connectivity index is 1.68. The van der Waals surface area contributed by atoms with Gasteiger partial charge in [0.05, 0.1) is 5.25 Å². The van der Waals surface area contributed by atoms with Gasteiger partial charge in [-0.25, -0.2) is 13.2 Å². The molecule has 0 radical (unpaired) electrons. The van der Waals surface area contributed by atoms with Crippen LogP contribution >= 0.6 is 0 Å².